The second kappa shape index (κ2) is 19.8. The lowest BCUT2D eigenvalue weighted by molar-refractivity contribution is -0.223. The van der Waals surface area contributed by atoms with Gasteiger partial charge in [-0.1, -0.05) is 106 Å². The number of rotatable bonds is 21. The molecule has 0 unspecified atom stereocenters. The highest BCUT2D eigenvalue weighted by Crippen LogP contribution is 2.31. The van der Waals surface area contributed by atoms with E-state index >= 15 is 0 Å². The second-order valence-electron chi connectivity index (χ2n) is 11.2. The first-order chi connectivity index (χ1) is 20.1. The maximum Gasteiger partial charge on any atom is 0.338 e. The van der Waals surface area contributed by atoms with E-state index in [4.69, 9.17) is 19.0 Å². The van der Waals surface area contributed by atoms with Crippen LogP contribution in [0.2, 0.25) is 0 Å². The van der Waals surface area contributed by atoms with Gasteiger partial charge in [-0.15, -0.1) is 0 Å². The first-order valence-electron chi connectivity index (χ1n) is 15.6. The number of esters is 1. The van der Waals surface area contributed by atoms with Crippen LogP contribution in [-0.4, -0.2) is 61.0 Å². The molecule has 228 valence electrons. The Balaban J connectivity index is 1.25. The standard InChI is InChI=1S/C34H51NO6/c1-28(36)33(40-27-38-2)32-25-31(35(41-32)26-29-19-13-11-14-20-29)23-17-9-7-5-3-4-6-8-10-18-24-39-34(37)30-21-15-12-16-22-30/h11-16,19-22,28,31-33,36H,3-10,17-18,23-27H2,1-2H3/t28-,31+,32-,33-/m0/s1. The number of hydroxylamine groups is 2. The van der Waals surface area contributed by atoms with Gasteiger partial charge >= 0.3 is 5.97 Å². The Morgan fingerprint density at radius 3 is 2.10 bits per heavy atom. The topological polar surface area (TPSA) is 77.5 Å². The van der Waals surface area contributed by atoms with E-state index in [1.807, 2.05) is 24.3 Å². The molecule has 2 aromatic carbocycles. The summed E-state index contributed by atoms with van der Waals surface area (Å²) in [5.74, 6) is -0.227. The fourth-order valence-corrected chi connectivity index (χ4v) is 5.50. The Labute approximate surface area is 247 Å². The molecule has 0 saturated carbocycles. The molecule has 7 heteroatoms. The summed E-state index contributed by atoms with van der Waals surface area (Å²) in [4.78, 5) is 18.3. The van der Waals surface area contributed by atoms with Crippen LogP contribution in [0.4, 0.5) is 0 Å². The van der Waals surface area contributed by atoms with E-state index in [1.165, 1.54) is 56.9 Å². The van der Waals surface area contributed by atoms with Crippen LogP contribution in [0.1, 0.15) is 99.9 Å². The normalized spacial score (nSPS) is 18.8. The van der Waals surface area contributed by atoms with Crippen molar-refractivity contribution in [2.24, 2.45) is 0 Å². The van der Waals surface area contributed by atoms with Gasteiger partial charge in [0.1, 0.15) is 19.0 Å². The third-order valence-corrected chi connectivity index (χ3v) is 7.76. The van der Waals surface area contributed by atoms with Crippen LogP contribution in [0.25, 0.3) is 0 Å². The van der Waals surface area contributed by atoms with Gasteiger partial charge in [0.15, 0.2) is 0 Å². The van der Waals surface area contributed by atoms with E-state index in [1.54, 1.807) is 26.2 Å². The number of aliphatic hydroxyl groups excluding tert-OH is 1. The molecule has 1 aliphatic rings. The van der Waals surface area contributed by atoms with Gasteiger partial charge in [-0.2, -0.15) is 5.06 Å². The zero-order valence-electron chi connectivity index (χ0n) is 25.1. The van der Waals surface area contributed by atoms with Crippen LogP contribution in [0, 0.1) is 0 Å². The molecule has 1 saturated heterocycles. The van der Waals surface area contributed by atoms with Crippen molar-refractivity contribution in [2.45, 2.75) is 115 Å². The van der Waals surface area contributed by atoms with Gasteiger partial charge in [0.05, 0.1) is 18.3 Å². The molecule has 0 spiro atoms. The van der Waals surface area contributed by atoms with E-state index in [-0.39, 0.29) is 18.9 Å². The molecule has 0 amide bonds. The number of carbonyl (C=O) groups excluding carboxylic acids is 1. The Bertz CT molecular complexity index is 941. The van der Waals surface area contributed by atoms with E-state index in [0.717, 1.165) is 32.2 Å². The largest absolute Gasteiger partial charge is 0.462 e. The maximum absolute atomic E-state index is 11.9. The Morgan fingerprint density at radius 2 is 1.49 bits per heavy atom. The molecule has 1 N–H and O–H groups in total. The summed E-state index contributed by atoms with van der Waals surface area (Å²) in [5, 5.41) is 12.4. The predicted molar refractivity (Wildman–Crippen MR) is 161 cm³/mol. The predicted octanol–water partition coefficient (Wildman–Crippen LogP) is 7.08. The summed E-state index contributed by atoms with van der Waals surface area (Å²) in [6.45, 7) is 3.13. The van der Waals surface area contributed by atoms with Crippen LogP contribution < -0.4 is 0 Å². The Kier molecular flexibility index (Phi) is 16.0. The minimum atomic E-state index is -0.635. The number of hydrogen-bond donors (Lipinski definition) is 1. The van der Waals surface area contributed by atoms with Crippen LogP contribution in [0.15, 0.2) is 60.7 Å². The molecule has 1 heterocycles. The number of nitrogens with zero attached hydrogens (tertiary/aromatic N) is 1. The van der Waals surface area contributed by atoms with Crippen molar-refractivity contribution in [1.82, 2.24) is 5.06 Å². The third-order valence-electron chi connectivity index (χ3n) is 7.76. The van der Waals surface area contributed by atoms with E-state index in [2.05, 4.69) is 29.3 Å². The van der Waals surface area contributed by atoms with Gasteiger partial charge in [-0.25, -0.2) is 4.79 Å². The van der Waals surface area contributed by atoms with Gasteiger partial charge in [0.25, 0.3) is 0 Å². The molecule has 3 rings (SSSR count). The van der Waals surface area contributed by atoms with Gasteiger partial charge in [0.2, 0.25) is 0 Å². The Hall–Kier alpha value is -2.29. The average molecular weight is 570 g/mol. The molecule has 1 aliphatic heterocycles. The van der Waals surface area contributed by atoms with Crippen molar-refractivity contribution < 1.29 is 28.9 Å². The second-order valence-corrected chi connectivity index (χ2v) is 11.2. The lowest BCUT2D eigenvalue weighted by atomic mass is 9.98. The summed E-state index contributed by atoms with van der Waals surface area (Å²) in [6.07, 6.45) is 12.7. The highest BCUT2D eigenvalue weighted by molar-refractivity contribution is 5.89. The lowest BCUT2D eigenvalue weighted by Crippen LogP contribution is -2.39. The van der Waals surface area contributed by atoms with Crippen LogP contribution in [0.5, 0.6) is 0 Å². The molecular formula is C34H51NO6. The van der Waals surface area contributed by atoms with Gasteiger partial charge in [0, 0.05) is 19.7 Å². The van der Waals surface area contributed by atoms with Crippen molar-refractivity contribution in [3.63, 3.8) is 0 Å². The van der Waals surface area contributed by atoms with Crippen LogP contribution >= 0.6 is 0 Å². The first kappa shape index (κ1) is 33.2. The van der Waals surface area contributed by atoms with E-state index in [0.29, 0.717) is 18.2 Å². The van der Waals surface area contributed by atoms with Crippen molar-refractivity contribution in [2.75, 3.05) is 20.5 Å². The highest BCUT2D eigenvalue weighted by Gasteiger charge is 2.40. The van der Waals surface area contributed by atoms with Crippen molar-refractivity contribution in [3.8, 4) is 0 Å². The average Bonchev–Trinajstić information content (AvgIpc) is 3.38. The smallest absolute Gasteiger partial charge is 0.338 e. The molecule has 0 aliphatic carbocycles. The third kappa shape index (κ3) is 12.6. The first-order valence-corrected chi connectivity index (χ1v) is 15.6. The van der Waals surface area contributed by atoms with E-state index in [9.17, 15) is 9.90 Å². The Morgan fingerprint density at radius 1 is 0.902 bits per heavy atom. The fourth-order valence-electron chi connectivity index (χ4n) is 5.50. The molecule has 4 atom stereocenters. The number of benzene rings is 2. The van der Waals surface area contributed by atoms with Crippen molar-refractivity contribution in [3.05, 3.63) is 71.8 Å². The molecular weight excluding hydrogens is 518 g/mol. The summed E-state index contributed by atoms with van der Waals surface area (Å²) in [6, 6.07) is 19.9. The van der Waals surface area contributed by atoms with Crippen LogP contribution in [-0.2, 0) is 25.6 Å². The molecule has 41 heavy (non-hydrogen) atoms. The number of methoxy groups -OCH3 is 1. The number of aliphatic hydroxyl groups is 1. The van der Waals surface area contributed by atoms with Crippen molar-refractivity contribution >= 4 is 5.97 Å². The fraction of sp³-hybridized carbons (Fsp3) is 0.618. The van der Waals surface area contributed by atoms with Gasteiger partial charge in [-0.3, -0.25) is 4.84 Å². The number of ether oxygens (including phenoxy) is 3. The summed E-state index contributed by atoms with van der Waals surface area (Å²) >= 11 is 0. The minimum Gasteiger partial charge on any atom is -0.462 e. The molecule has 0 bridgehead atoms. The van der Waals surface area contributed by atoms with Crippen molar-refractivity contribution in [1.29, 1.82) is 0 Å². The summed E-state index contributed by atoms with van der Waals surface area (Å²) in [7, 11) is 1.59. The number of hydrogen-bond acceptors (Lipinski definition) is 7. The summed E-state index contributed by atoms with van der Waals surface area (Å²) in [5.41, 5.74) is 1.84. The molecule has 7 nitrogen and oxygen atoms in total. The zero-order valence-corrected chi connectivity index (χ0v) is 25.1. The highest BCUT2D eigenvalue weighted by atomic mass is 16.7. The van der Waals surface area contributed by atoms with Gasteiger partial charge in [-0.05, 0) is 43.9 Å². The number of unbranched alkanes of at least 4 members (excludes halogenated alkanes) is 9. The number of carbonyl (C=O) groups is 1. The summed E-state index contributed by atoms with van der Waals surface area (Å²) < 4.78 is 16.2. The molecule has 0 aromatic heterocycles. The van der Waals surface area contributed by atoms with Gasteiger partial charge < -0.3 is 19.3 Å². The maximum atomic E-state index is 11.9. The molecule has 0 radical (unpaired) electrons. The molecule has 2 aromatic rings. The van der Waals surface area contributed by atoms with E-state index < -0.39 is 12.2 Å². The zero-order chi connectivity index (χ0) is 29.1. The SMILES string of the molecule is COCO[C@@H]([C@H](C)O)[C@@H]1C[C@@H](CCCCCCCCCCCCOC(=O)c2ccccc2)N(Cc2ccccc2)O1. The molecule has 1 fully saturated rings. The monoisotopic (exact) mass is 569 g/mol. The minimum absolute atomic E-state index is 0.142. The lowest BCUT2D eigenvalue weighted by Gasteiger charge is -2.26. The van der Waals surface area contributed by atoms with Crippen LogP contribution in [0.3, 0.4) is 0 Å². The quantitative estimate of drug-likeness (QED) is 0.0978.